The molecule has 0 fully saturated rings. The van der Waals surface area contributed by atoms with Crippen molar-refractivity contribution in [3.05, 3.63) is 35.9 Å². The van der Waals surface area contributed by atoms with Crippen molar-refractivity contribution in [2.24, 2.45) is 0 Å². The first-order valence-electron chi connectivity index (χ1n) is 4.53. The summed E-state index contributed by atoms with van der Waals surface area (Å²) in [6.07, 6.45) is 0. The van der Waals surface area contributed by atoms with E-state index in [1.54, 1.807) is 14.1 Å². The molecule has 0 aliphatic rings. The standard InChI is InChI=1S/C11H15NO2/c1-12(2)11(14)10(8-13)9-6-4-3-5-7-9/h3-7,10,13H,8H2,1-2H3. The molecular weight excluding hydrogens is 178 g/mol. The van der Waals surface area contributed by atoms with Crippen molar-refractivity contribution >= 4 is 5.91 Å². The van der Waals surface area contributed by atoms with Crippen molar-refractivity contribution in [1.82, 2.24) is 4.90 Å². The number of hydrogen-bond acceptors (Lipinski definition) is 2. The average molecular weight is 193 g/mol. The van der Waals surface area contributed by atoms with Crippen molar-refractivity contribution in [3.8, 4) is 0 Å². The van der Waals surface area contributed by atoms with Crippen LogP contribution >= 0.6 is 0 Å². The van der Waals surface area contributed by atoms with Crippen LogP contribution in [0.1, 0.15) is 11.5 Å². The number of benzene rings is 1. The molecule has 3 heteroatoms. The highest BCUT2D eigenvalue weighted by Gasteiger charge is 2.20. The molecule has 0 spiro atoms. The minimum atomic E-state index is -0.439. The Hall–Kier alpha value is -1.35. The Morgan fingerprint density at radius 1 is 1.36 bits per heavy atom. The van der Waals surface area contributed by atoms with Crippen LogP contribution in [0, 0.1) is 0 Å². The van der Waals surface area contributed by atoms with Gasteiger partial charge in [0.15, 0.2) is 0 Å². The minimum absolute atomic E-state index is 0.0706. The summed E-state index contributed by atoms with van der Waals surface area (Å²) >= 11 is 0. The predicted octanol–water partition coefficient (Wildman–Crippen LogP) is 0.851. The topological polar surface area (TPSA) is 40.5 Å². The number of hydrogen-bond donors (Lipinski definition) is 1. The summed E-state index contributed by atoms with van der Waals surface area (Å²) in [6, 6.07) is 9.31. The van der Waals surface area contributed by atoms with Crippen LogP contribution < -0.4 is 0 Å². The lowest BCUT2D eigenvalue weighted by molar-refractivity contribution is -0.131. The van der Waals surface area contributed by atoms with Crippen LogP contribution in [-0.4, -0.2) is 36.6 Å². The van der Waals surface area contributed by atoms with E-state index in [1.807, 2.05) is 30.3 Å². The Labute approximate surface area is 84.0 Å². The number of aliphatic hydroxyl groups excluding tert-OH is 1. The highest BCUT2D eigenvalue weighted by atomic mass is 16.3. The second-order valence-electron chi connectivity index (χ2n) is 3.38. The third kappa shape index (κ3) is 2.33. The average Bonchev–Trinajstić information content (AvgIpc) is 2.20. The normalized spacial score (nSPS) is 12.2. The molecule has 0 heterocycles. The Kier molecular flexibility index (Phi) is 3.65. The Balaban J connectivity index is 2.88. The predicted molar refractivity (Wildman–Crippen MR) is 55.0 cm³/mol. The molecule has 0 saturated heterocycles. The van der Waals surface area contributed by atoms with Gasteiger partial charge in [0.2, 0.25) is 5.91 Å². The number of rotatable bonds is 3. The van der Waals surface area contributed by atoms with Gasteiger partial charge >= 0.3 is 0 Å². The summed E-state index contributed by atoms with van der Waals surface area (Å²) in [7, 11) is 3.38. The highest BCUT2D eigenvalue weighted by molar-refractivity contribution is 5.83. The van der Waals surface area contributed by atoms with Crippen LogP contribution in [0.5, 0.6) is 0 Å². The Bertz CT molecular complexity index is 295. The molecule has 1 amide bonds. The summed E-state index contributed by atoms with van der Waals surface area (Å²) in [5.74, 6) is -0.509. The van der Waals surface area contributed by atoms with E-state index in [2.05, 4.69) is 0 Å². The number of carbonyl (C=O) groups excluding carboxylic acids is 1. The molecular formula is C11H15NO2. The maximum absolute atomic E-state index is 11.6. The molecule has 0 aliphatic carbocycles. The molecule has 0 aliphatic heterocycles. The van der Waals surface area contributed by atoms with Gasteiger partial charge in [0.1, 0.15) is 0 Å². The van der Waals surface area contributed by atoms with Gasteiger partial charge in [-0.1, -0.05) is 30.3 Å². The van der Waals surface area contributed by atoms with Crippen molar-refractivity contribution in [3.63, 3.8) is 0 Å². The number of carbonyl (C=O) groups is 1. The number of aliphatic hydroxyl groups is 1. The van der Waals surface area contributed by atoms with E-state index in [0.29, 0.717) is 0 Å². The lowest BCUT2D eigenvalue weighted by Crippen LogP contribution is -2.30. The van der Waals surface area contributed by atoms with Crippen molar-refractivity contribution < 1.29 is 9.90 Å². The molecule has 1 unspecified atom stereocenters. The molecule has 1 aromatic carbocycles. The number of nitrogens with zero attached hydrogens (tertiary/aromatic N) is 1. The van der Waals surface area contributed by atoms with Crippen LogP contribution in [0.4, 0.5) is 0 Å². The molecule has 76 valence electrons. The largest absolute Gasteiger partial charge is 0.395 e. The van der Waals surface area contributed by atoms with E-state index in [0.717, 1.165) is 5.56 Å². The lowest BCUT2D eigenvalue weighted by Gasteiger charge is -2.18. The quantitative estimate of drug-likeness (QED) is 0.773. The minimum Gasteiger partial charge on any atom is -0.395 e. The highest BCUT2D eigenvalue weighted by Crippen LogP contribution is 2.16. The zero-order chi connectivity index (χ0) is 10.6. The van der Waals surface area contributed by atoms with E-state index in [9.17, 15) is 4.79 Å². The van der Waals surface area contributed by atoms with Gasteiger partial charge in [0, 0.05) is 14.1 Å². The molecule has 1 aromatic rings. The molecule has 14 heavy (non-hydrogen) atoms. The van der Waals surface area contributed by atoms with E-state index < -0.39 is 5.92 Å². The van der Waals surface area contributed by atoms with Crippen molar-refractivity contribution in [2.75, 3.05) is 20.7 Å². The number of amides is 1. The summed E-state index contributed by atoms with van der Waals surface area (Å²) in [5, 5.41) is 9.15. The zero-order valence-electron chi connectivity index (χ0n) is 8.47. The first kappa shape index (κ1) is 10.7. The third-order valence-electron chi connectivity index (χ3n) is 2.12. The molecule has 0 aromatic heterocycles. The van der Waals surface area contributed by atoms with Gasteiger partial charge < -0.3 is 10.0 Å². The summed E-state index contributed by atoms with van der Waals surface area (Å²) < 4.78 is 0. The van der Waals surface area contributed by atoms with E-state index in [4.69, 9.17) is 5.11 Å². The first-order valence-corrected chi connectivity index (χ1v) is 4.53. The SMILES string of the molecule is CN(C)C(=O)C(CO)c1ccccc1. The fraction of sp³-hybridized carbons (Fsp3) is 0.364. The second-order valence-corrected chi connectivity index (χ2v) is 3.38. The smallest absolute Gasteiger partial charge is 0.231 e. The Morgan fingerprint density at radius 2 is 1.93 bits per heavy atom. The van der Waals surface area contributed by atoms with Gasteiger partial charge in [-0.3, -0.25) is 4.79 Å². The van der Waals surface area contributed by atoms with Gasteiger partial charge in [0.05, 0.1) is 12.5 Å². The van der Waals surface area contributed by atoms with Gasteiger partial charge in [-0.25, -0.2) is 0 Å². The number of likely N-dealkylation sites (N-methyl/N-ethyl adjacent to an activating group) is 1. The van der Waals surface area contributed by atoms with Crippen LogP contribution in [0.15, 0.2) is 30.3 Å². The van der Waals surface area contributed by atoms with Gasteiger partial charge in [-0.2, -0.15) is 0 Å². The van der Waals surface area contributed by atoms with Crippen LogP contribution in [-0.2, 0) is 4.79 Å². The molecule has 1 N–H and O–H groups in total. The van der Waals surface area contributed by atoms with Gasteiger partial charge in [-0.05, 0) is 5.56 Å². The second kappa shape index (κ2) is 4.77. The molecule has 3 nitrogen and oxygen atoms in total. The first-order chi connectivity index (χ1) is 6.66. The molecule has 0 saturated carbocycles. The molecule has 0 bridgehead atoms. The van der Waals surface area contributed by atoms with E-state index in [1.165, 1.54) is 4.90 Å². The van der Waals surface area contributed by atoms with Gasteiger partial charge in [-0.15, -0.1) is 0 Å². The van der Waals surface area contributed by atoms with E-state index >= 15 is 0 Å². The summed E-state index contributed by atoms with van der Waals surface area (Å²) in [4.78, 5) is 13.1. The van der Waals surface area contributed by atoms with Gasteiger partial charge in [0.25, 0.3) is 0 Å². The summed E-state index contributed by atoms with van der Waals surface area (Å²) in [6.45, 7) is -0.152. The fourth-order valence-corrected chi connectivity index (χ4v) is 1.32. The fourth-order valence-electron chi connectivity index (χ4n) is 1.32. The molecule has 0 radical (unpaired) electrons. The van der Waals surface area contributed by atoms with E-state index in [-0.39, 0.29) is 12.5 Å². The third-order valence-corrected chi connectivity index (χ3v) is 2.12. The lowest BCUT2D eigenvalue weighted by atomic mass is 9.99. The van der Waals surface area contributed by atoms with Crippen LogP contribution in [0.3, 0.4) is 0 Å². The maximum Gasteiger partial charge on any atom is 0.231 e. The van der Waals surface area contributed by atoms with Crippen LogP contribution in [0.2, 0.25) is 0 Å². The zero-order valence-corrected chi connectivity index (χ0v) is 8.47. The Morgan fingerprint density at radius 3 is 2.36 bits per heavy atom. The van der Waals surface area contributed by atoms with Crippen molar-refractivity contribution in [2.45, 2.75) is 5.92 Å². The monoisotopic (exact) mass is 193 g/mol. The van der Waals surface area contributed by atoms with Crippen LogP contribution in [0.25, 0.3) is 0 Å². The molecule has 1 rings (SSSR count). The molecule has 1 atom stereocenters. The summed E-state index contributed by atoms with van der Waals surface area (Å²) in [5.41, 5.74) is 0.855. The van der Waals surface area contributed by atoms with Crippen molar-refractivity contribution in [1.29, 1.82) is 0 Å². The maximum atomic E-state index is 11.6.